The summed E-state index contributed by atoms with van der Waals surface area (Å²) in [7, 11) is 0. The number of rotatable bonds is 13. The Kier molecular flexibility index (Phi) is 12.8. The highest BCUT2D eigenvalue weighted by atomic mass is 79.9. The second kappa shape index (κ2) is 13.9. The first-order chi connectivity index (χ1) is 10.4. The highest BCUT2D eigenvalue weighted by molar-refractivity contribution is 9.09. The van der Waals surface area contributed by atoms with Gasteiger partial charge < -0.3 is 18.9 Å². The summed E-state index contributed by atoms with van der Waals surface area (Å²) >= 11 is 3.53. The molecule has 1 atom stereocenters. The van der Waals surface area contributed by atoms with Gasteiger partial charge in [-0.25, -0.2) is 0 Å². The van der Waals surface area contributed by atoms with Gasteiger partial charge in [-0.2, -0.15) is 0 Å². The molecule has 0 aromatic rings. The van der Waals surface area contributed by atoms with Crippen LogP contribution in [0.2, 0.25) is 0 Å². The summed E-state index contributed by atoms with van der Waals surface area (Å²) in [5.41, 5.74) is 0. The Morgan fingerprint density at radius 1 is 1.05 bits per heavy atom. The molecule has 0 aromatic carbocycles. The molecular weight excluding hydrogens is 338 g/mol. The van der Waals surface area contributed by atoms with Crippen LogP contribution < -0.4 is 0 Å². The van der Waals surface area contributed by atoms with Gasteiger partial charge in [0.1, 0.15) is 0 Å². The molecule has 1 saturated heterocycles. The van der Waals surface area contributed by atoms with Gasteiger partial charge in [-0.05, 0) is 6.42 Å². The lowest BCUT2D eigenvalue weighted by Crippen LogP contribution is -2.47. The van der Waals surface area contributed by atoms with Crippen molar-refractivity contribution in [2.75, 3.05) is 71.3 Å². The van der Waals surface area contributed by atoms with Crippen molar-refractivity contribution < 1.29 is 18.9 Å². The zero-order valence-corrected chi connectivity index (χ0v) is 14.8. The van der Waals surface area contributed by atoms with E-state index in [-0.39, 0.29) is 0 Å². The molecule has 21 heavy (non-hydrogen) atoms. The van der Waals surface area contributed by atoms with Gasteiger partial charge in [0.15, 0.2) is 0 Å². The fourth-order valence-electron chi connectivity index (χ4n) is 2.10. The minimum Gasteiger partial charge on any atom is -0.379 e. The van der Waals surface area contributed by atoms with Gasteiger partial charge in [-0.15, -0.1) is 0 Å². The summed E-state index contributed by atoms with van der Waals surface area (Å²) in [6.45, 7) is 9.96. The molecule has 1 heterocycles. The highest BCUT2D eigenvalue weighted by Crippen LogP contribution is 2.08. The fraction of sp³-hybridized carbons (Fsp3) is 1.00. The average molecular weight is 368 g/mol. The maximum atomic E-state index is 5.61. The molecular formula is C15H30BrNO4. The second-order valence-electron chi connectivity index (χ2n) is 5.11. The van der Waals surface area contributed by atoms with Gasteiger partial charge in [0, 0.05) is 31.1 Å². The number of halogens is 1. The van der Waals surface area contributed by atoms with E-state index in [1.807, 2.05) is 0 Å². The number of alkyl halides is 1. The average Bonchev–Trinajstić information content (AvgIpc) is 2.53. The van der Waals surface area contributed by atoms with Crippen molar-refractivity contribution >= 4 is 15.9 Å². The smallest absolute Gasteiger partial charge is 0.0701 e. The summed E-state index contributed by atoms with van der Waals surface area (Å²) in [5.74, 6) is 0. The Balaban J connectivity index is 1.83. The predicted molar refractivity (Wildman–Crippen MR) is 87.3 cm³/mol. The van der Waals surface area contributed by atoms with E-state index < -0.39 is 0 Å². The Labute approximate surface area is 137 Å². The van der Waals surface area contributed by atoms with Crippen LogP contribution in [-0.4, -0.2) is 82.2 Å². The van der Waals surface area contributed by atoms with E-state index in [1.165, 1.54) is 6.42 Å². The van der Waals surface area contributed by atoms with Gasteiger partial charge >= 0.3 is 0 Å². The van der Waals surface area contributed by atoms with E-state index in [4.69, 9.17) is 18.9 Å². The van der Waals surface area contributed by atoms with Crippen molar-refractivity contribution in [3.63, 3.8) is 0 Å². The zero-order chi connectivity index (χ0) is 15.2. The minimum atomic E-state index is 0.471. The van der Waals surface area contributed by atoms with E-state index in [2.05, 4.69) is 27.8 Å². The first-order valence-corrected chi connectivity index (χ1v) is 9.11. The molecule has 0 radical (unpaired) electrons. The van der Waals surface area contributed by atoms with Crippen LogP contribution in [0.3, 0.4) is 0 Å². The summed E-state index contributed by atoms with van der Waals surface area (Å²) in [6, 6.07) is 0.471. The molecule has 0 saturated carbocycles. The van der Waals surface area contributed by atoms with Crippen molar-refractivity contribution in [2.45, 2.75) is 25.8 Å². The van der Waals surface area contributed by atoms with Gasteiger partial charge in [-0.1, -0.05) is 29.3 Å². The normalized spacial score (nSPS) is 20.0. The summed E-state index contributed by atoms with van der Waals surface area (Å²) in [6.07, 6.45) is 2.30. The van der Waals surface area contributed by atoms with Gasteiger partial charge in [0.05, 0.1) is 46.2 Å². The standard InChI is InChI=1S/C15H30BrNO4/c1-2-3-6-18-9-11-20-12-10-19-7-4-17-5-8-21-14-15(17)13-16/h15H,2-14H2,1H3. The summed E-state index contributed by atoms with van der Waals surface area (Å²) in [4.78, 5) is 2.42. The van der Waals surface area contributed by atoms with Crippen molar-refractivity contribution in [2.24, 2.45) is 0 Å². The number of nitrogens with zero attached hydrogens (tertiary/aromatic N) is 1. The van der Waals surface area contributed by atoms with Crippen molar-refractivity contribution in [3.05, 3.63) is 0 Å². The molecule has 1 rings (SSSR count). The third-order valence-corrected chi connectivity index (χ3v) is 4.18. The van der Waals surface area contributed by atoms with Crippen LogP contribution in [0.15, 0.2) is 0 Å². The van der Waals surface area contributed by atoms with Crippen LogP contribution in [0.4, 0.5) is 0 Å². The van der Waals surface area contributed by atoms with Crippen LogP contribution in [0.5, 0.6) is 0 Å². The molecule has 126 valence electrons. The van der Waals surface area contributed by atoms with Crippen LogP contribution in [-0.2, 0) is 18.9 Å². The number of hydrogen-bond donors (Lipinski definition) is 0. The van der Waals surface area contributed by atoms with Crippen LogP contribution in [0.1, 0.15) is 19.8 Å². The number of unbranched alkanes of at least 4 members (excludes halogenated alkanes) is 1. The number of morpholine rings is 1. The van der Waals surface area contributed by atoms with Crippen molar-refractivity contribution in [3.8, 4) is 0 Å². The largest absolute Gasteiger partial charge is 0.379 e. The van der Waals surface area contributed by atoms with E-state index in [0.29, 0.717) is 32.5 Å². The van der Waals surface area contributed by atoms with E-state index in [0.717, 1.165) is 51.3 Å². The van der Waals surface area contributed by atoms with Gasteiger partial charge in [0.2, 0.25) is 0 Å². The lowest BCUT2D eigenvalue weighted by Gasteiger charge is -2.34. The van der Waals surface area contributed by atoms with E-state index >= 15 is 0 Å². The Bertz CT molecular complexity index is 234. The molecule has 0 spiro atoms. The quantitative estimate of drug-likeness (QED) is 0.367. The Morgan fingerprint density at radius 2 is 1.71 bits per heavy atom. The van der Waals surface area contributed by atoms with Crippen molar-refractivity contribution in [1.82, 2.24) is 4.90 Å². The van der Waals surface area contributed by atoms with E-state index in [1.54, 1.807) is 0 Å². The molecule has 6 heteroatoms. The SMILES string of the molecule is CCCCOCCOCCOCCN1CCOCC1CBr. The monoisotopic (exact) mass is 367 g/mol. The molecule has 0 bridgehead atoms. The molecule has 1 aliphatic rings. The molecule has 1 aliphatic heterocycles. The topological polar surface area (TPSA) is 40.2 Å². The molecule has 0 amide bonds. The maximum absolute atomic E-state index is 5.61. The lowest BCUT2D eigenvalue weighted by atomic mass is 10.2. The maximum Gasteiger partial charge on any atom is 0.0701 e. The number of ether oxygens (including phenoxy) is 4. The third kappa shape index (κ3) is 9.81. The molecule has 0 aliphatic carbocycles. The molecule has 1 fully saturated rings. The molecule has 1 unspecified atom stereocenters. The highest BCUT2D eigenvalue weighted by Gasteiger charge is 2.21. The molecule has 5 nitrogen and oxygen atoms in total. The zero-order valence-electron chi connectivity index (χ0n) is 13.2. The Hall–Kier alpha value is 0.280. The number of hydrogen-bond acceptors (Lipinski definition) is 5. The molecule has 0 aromatic heterocycles. The molecule has 0 N–H and O–H groups in total. The van der Waals surface area contributed by atoms with Crippen molar-refractivity contribution in [1.29, 1.82) is 0 Å². The Morgan fingerprint density at radius 3 is 2.38 bits per heavy atom. The first kappa shape index (κ1) is 19.3. The summed E-state index contributed by atoms with van der Waals surface area (Å²) in [5, 5.41) is 0.953. The fourth-order valence-corrected chi connectivity index (χ4v) is 2.69. The van der Waals surface area contributed by atoms with Crippen LogP contribution in [0, 0.1) is 0 Å². The first-order valence-electron chi connectivity index (χ1n) is 7.99. The van der Waals surface area contributed by atoms with E-state index in [9.17, 15) is 0 Å². The third-order valence-electron chi connectivity index (χ3n) is 3.44. The van der Waals surface area contributed by atoms with Crippen LogP contribution in [0.25, 0.3) is 0 Å². The summed E-state index contributed by atoms with van der Waals surface area (Å²) < 4.78 is 22.0. The minimum absolute atomic E-state index is 0.471. The van der Waals surface area contributed by atoms with Gasteiger partial charge in [-0.3, -0.25) is 4.90 Å². The van der Waals surface area contributed by atoms with Crippen LogP contribution >= 0.6 is 15.9 Å². The predicted octanol–water partition coefficient (Wildman–Crippen LogP) is 1.93. The van der Waals surface area contributed by atoms with Gasteiger partial charge in [0.25, 0.3) is 0 Å². The second-order valence-corrected chi connectivity index (χ2v) is 5.76. The lowest BCUT2D eigenvalue weighted by molar-refractivity contribution is -0.0212.